The van der Waals surface area contributed by atoms with E-state index in [1.807, 2.05) is 30.3 Å². The lowest BCUT2D eigenvalue weighted by atomic mass is 9.98. The lowest BCUT2D eigenvalue weighted by Gasteiger charge is -2.30. The number of likely N-dealkylation sites (tertiary alicyclic amines) is 1. The van der Waals surface area contributed by atoms with Crippen molar-refractivity contribution in [2.24, 2.45) is 5.92 Å². The summed E-state index contributed by atoms with van der Waals surface area (Å²) in [7, 11) is 0. The minimum absolute atomic E-state index is 0.0715. The van der Waals surface area contributed by atoms with E-state index < -0.39 is 11.9 Å². The Morgan fingerprint density at radius 1 is 1.29 bits per heavy atom. The van der Waals surface area contributed by atoms with Crippen molar-refractivity contribution >= 4 is 23.2 Å². The van der Waals surface area contributed by atoms with Gasteiger partial charge >= 0.3 is 5.97 Å². The first kappa shape index (κ1) is 15.2. The summed E-state index contributed by atoms with van der Waals surface area (Å²) in [6, 6.07) is 9.72. The second kappa shape index (κ2) is 5.94. The minimum atomic E-state index is -0.819. The normalized spacial score (nSPS) is 19.2. The zero-order valence-corrected chi connectivity index (χ0v) is 13.8. The molecule has 4 rings (SSSR count). The average molecular weight is 343 g/mol. The number of hydrogen-bond donors (Lipinski definition) is 1. The Hall–Kier alpha value is -2.34. The number of nitrogens with zero attached hydrogens (tertiary/aromatic N) is 1. The van der Waals surface area contributed by atoms with E-state index in [1.165, 1.54) is 11.3 Å². The molecule has 124 valence electrons. The molecule has 2 aliphatic rings. The molecule has 3 heterocycles. The van der Waals surface area contributed by atoms with E-state index in [1.54, 1.807) is 4.90 Å². The quantitative estimate of drug-likeness (QED) is 0.909. The smallest absolute Gasteiger partial charge is 0.308 e. The van der Waals surface area contributed by atoms with Gasteiger partial charge < -0.3 is 14.7 Å². The highest BCUT2D eigenvalue weighted by molar-refractivity contribution is 7.17. The van der Waals surface area contributed by atoms with Crippen LogP contribution in [0.25, 0.3) is 10.4 Å². The number of benzene rings is 1. The van der Waals surface area contributed by atoms with Crippen LogP contribution in [-0.2, 0) is 11.4 Å². The molecule has 24 heavy (non-hydrogen) atoms. The Labute approximate surface area is 143 Å². The van der Waals surface area contributed by atoms with Crippen molar-refractivity contribution in [1.29, 1.82) is 0 Å². The molecule has 2 aromatic rings. The van der Waals surface area contributed by atoms with Crippen LogP contribution in [-0.4, -0.2) is 35.0 Å². The van der Waals surface area contributed by atoms with Crippen LogP contribution in [0.4, 0.5) is 0 Å². The maximum Gasteiger partial charge on any atom is 0.308 e. The van der Waals surface area contributed by atoms with E-state index in [9.17, 15) is 14.7 Å². The second-order valence-corrected chi connectivity index (χ2v) is 7.23. The van der Waals surface area contributed by atoms with E-state index in [2.05, 4.69) is 0 Å². The van der Waals surface area contributed by atoms with Crippen molar-refractivity contribution in [1.82, 2.24) is 4.90 Å². The molecular formula is C18H17NO4S. The molecule has 2 aliphatic heterocycles. The van der Waals surface area contributed by atoms with Gasteiger partial charge in [0.1, 0.15) is 12.4 Å². The van der Waals surface area contributed by atoms with Gasteiger partial charge in [-0.1, -0.05) is 12.1 Å². The van der Waals surface area contributed by atoms with Crippen LogP contribution in [0.3, 0.4) is 0 Å². The van der Waals surface area contributed by atoms with Crippen LogP contribution in [0.5, 0.6) is 5.75 Å². The number of carbonyl (C=O) groups is 2. The van der Waals surface area contributed by atoms with Gasteiger partial charge in [-0.2, -0.15) is 0 Å². The first-order valence-corrected chi connectivity index (χ1v) is 8.82. The minimum Gasteiger partial charge on any atom is -0.488 e. The SMILES string of the molecule is O=C(O)[C@H]1CCCN(C(=O)c2cc3c(s2)-c2ccccc2OC3)C1. The average Bonchev–Trinajstić information content (AvgIpc) is 3.06. The molecule has 0 bridgehead atoms. The summed E-state index contributed by atoms with van der Waals surface area (Å²) < 4.78 is 5.74. The van der Waals surface area contributed by atoms with Gasteiger partial charge in [-0.3, -0.25) is 9.59 Å². The number of aliphatic carboxylic acids is 1. The monoisotopic (exact) mass is 343 g/mol. The number of rotatable bonds is 2. The summed E-state index contributed by atoms with van der Waals surface area (Å²) in [5.41, 5.74) is 2.04. The van der Waals surface area contributed by atoms with Crippen molar-refractivity contribution in [2.75, 3.05) is 13.1 Å². The van der Waals surface area contributed by atoms with Crippen LogP contribution in [0.15, 0.2) is 30.3 Å². The number of carbonyl (C=O) groups excluding carboxylic acids is 1. The number of carboxylic acids is 1. The van der Waals surface area contributed by atoms with Crippen molar-refractivity contribution < 1.29 is 19.4 Å². The molecule has 1 aromatic carbocycles. The van der Waals surface area contributed by atoms with Gasteiger partial charge in [-0.05, 0) is 31.0 Å². The summed E-state index contributed by atoms with van der Waals surface area (Å²) in [5.74, 6) is -0.505. The number of amides is 1. The largest absolute Gasteiger partial charge is 0.488 e. The maximum absolute atomic E-state index is 12.8. The molecule has 1 N–H and O–H groups in total. The number of piperidine rings is 1. The third kappa shape index (κ3) is 2.57. The van der Waals surface area contributed by atoms with Crippen LogP contribution >= 0.6 is 11.3 Å². The zero-order valence-electron chi connectivity index (χ0n) is 13.0. The van der Waals surface area contributed by atoms with E-state index in [-0.39, 0.29) is 5.91 Å². The Balaban J connectivity index is 1.61. The Bertz CT molecular complexity index is 813. The Kier molecular flexibility index (Phi) is 3.76. The van der Waals surface area contributed by atoms with Crippen LogP contribution < -0.4 is 4.74 Å². The molecule has 1 aromatic heterocycles. The Morgan fingerprint density at radius 3 is 2.96 bits per heavy atom. The standard InChI is InChI=1S/C18H17NO4S/c20-17(19-7-3-4-11(9-19)18(21)22)15-8-12-10-23-14-6-2-1-5-13(14)16(12)24-15/h1-2,5-6,8,11H,3-4,7,9-10H2,(H,21,22)/t11-/m0/s1. The van der Waals surface area contributed by atoms with Crippen molar-refractivity contribution in [2.45, 2.75) is 19.4 Å². The van der Waals surface area contributed by atoms with Crippen LogP contribution in [0.1, 0.15) is 28.1 Å². The van der Waals surface area contributed by atoms with Gasteiger partial charge in [0, 0.05) is 29.1 Å². The fourth-order valence-electron chi connectivity index (χ4n) is 3.32. The van der Waals surface area contributed by atoms with Gasteiger partial charge in [-0.15, -0.1) is 11.3 Å². The van der Waals surface area contributed by atoms with Gasteiger partial charge in [0.25, 0.3) is 5.91 Å². The number of ether oxygens (including phenoxy) is 1. The number of carboxylic acid groups (broad SMARTS) is 1. The fraction of sp³-hybridized carbons (Fsp3) is 0.333. The van der Waals surface area contributed by atoms with Crippen molar-refractivity contribution in [3.05, 3.63) is 40.8 Å². The zero-order chi connectivity index (χ0) is 16.7. The molecule has 0 aliphatic carbocycles. The van der Waals surface area contributed by atoms with Gasteiger partial charge in [-0.25, -0.2) is 0 Å². The molecule has 0 radical (unpaired) electrons. The highest BCUT2D eigenvalue weighted by atomic mass is 32.1. The molecule has 0 unspecified atom stereocenters. The molecule has 1 atom stereocenters. The van der Waals surface area contributed by atoms with Gasteiger partial charge in [0.05, 0.1) is 10.8 Å². The summed E-state index contributed by atoms with van der Waals surface area (Å²) in [4.78, 5) is 27.4. The molecule has 1 amide bonds. The number of para-hydroxylation sites is 1. The predicted octanol–water partition coefficient (Wildman–Crippen LogP) is 3.24. The predicted molar refractivity (Wildman–Crippen MR) is 90.4 cm³/mol. The number of thiophene rings is 1. The Morgan fingerprint density at radius 2 is 2.12 bits per heavy atom. The van der Waals surface area contributed by atoms with E-state index in [0.29, 0.717) is 31.0 Å². The lowest BCUT2D eigenvalue weighted by Crippen LogP contribution is -2.42. The van der Waals surface area contributed by atoms with E-state index >= 15 is 0 Å². The maximum atomic E-state index is 12.8. The third-order valence-electron chi connectivity index (χ3n) is 4.59. The van der Waals surface area contributed by atoms with Gasteiger partial charge in [0.2, 0.25) is 0 Å². The van der Waals surface area contributed by atoms with E-state index in [0.717, 1.165) is 28.2 Å². The molecule has 1 saturated heterocycles. The summed E-state index contributed by atoms with van der Waals surface area (Å²) in [6.45, 7) is 1.38. The van der Waals surface area contributed by atoms with Gasteiger partial charge in [0.15, 0.2) is 0 Å². The van der Waals surface area contributed by atoms with Crippen LogP contribution in [0, 0.1) is 5.92 Å². The number of fused-ring (bicyclic) bond motifs is 3. The molecular weight excluding hydrogens is 326 g/mol. The highest BCUT2D eigenvalue weighted by Gasteiger charge is 2.30. The molecule has 6 heteroatoms. The van der Waals surface area contributed by atoms with Crippen molar-refractivity contribution in [3.63, 3.8) is 0 Å². The van der Waals surface area contributed by atoms with Crippen LogP contribution in [0.2, 0.25) is 0 Å². The number of hydrogen-bond acceptors (Lipinski definition) is 4. The fourth-order valence-corrected chi connectivity index (χ4v) is 4.49. The molecule has 1 fully saturated rings. The summed E-state index contributed by atoms with van der Waals surface area (Å²) >= 11 is 1.47. The summed E-state index contributed by atoms with van der Waals surface area (Å²) in [6.07, 6.45) is 1.38. The van der Waals surface area contributed by atoms with Crippen molar-refractivity contribution in [3.8, 4) is 16.2 Å². The highest BCUT2D eigenvalue weighted by Crippen LogP contribution is 2.42. The molecule has 0 spiro atoms. The first-order valence-electron chi connectivity index (χ1n) is 8.00. The molecule has 0 saturated carbocycles. The van der Waals surface area contributed by atoms with E-state index in [4.69, 9.17) is 4.74 Å². The molecule has 5 nitrogen and oxygen atoms in total. The first-order chi connectivity index (χ1) is 11.6. The lowest BCUT2D eigenvalue weighted by molar-refractivity contribution is -0.143. The second-order valence-electron chi connectivity index (χ2n) is 6.18. The topological polar surface area (TPSA) is 66.8 Å². The third-order valence-corrected chi connectivity index (χ3v) is 5.79. The summed E-state index contributed by atoms with van der Waals surface area (Å²) in [5, 5.41) is 9.20.